The van der Waals surface area contributed by atoms with Gasteiger partial charge in [0.25, 0.3) is 0 Å². The van der Waals surface area contributed by atoms with Crippen molar-refractivity contribution in [2.75, 3.05) is 31.2 Å². The fourth-order valence-electron chi connectivity index (χ4n) is 3.46. The lowest BCUT2D eigenvalue weighted by Gasteiger charge is -2.28. The third-order valence-electron chi connectivity index (χ3n) is 4.72. The van der Waals surface area contributed by atoms with Gasteiger partial charge in [-0.1, -0.05) is 15.9 Å². The van der Waals surface area contributed by atoms with E-state index >= 15 is 0 Å². The van der Waals surface area contributed by atoms with Crippen molar-refractivity contribution in [3.8, 4) is 11.4 Å². The molecule has 0 radical (unpaired) electrons. The Bertz CT molecular complexity index is 1140. The summed E-state index contributed by atoms with van der Waals surface area (Å²) in [5.74, 6) is 1.15. The average molecular weight is 447 g/mol. The Morgan fingerprint density at radius 3 is 2.89 bits per heavy atom. The van der Waals surface area contributed by atoms with Gasteiger partial charge in [-0.3, -0.25) is 0 Å². The molecular weight excluding hydrogens is 431 g/mol. The number of hydrogen-bond donors (Lipinski definition) is 1. The lowest BCUT2D eigenvalue weighted by atomic mass is 10.1. The molecule has 27 heavy (non-hydrogen) atoms. The molecule has 4 aromatic rings. The summed E-state index contributed by atoms with van der Waals surface area (Å²) in [6.45, 7) is 2.94. The summed E-state index contributed by atoms with van der Waals surface area (Å²) in [7, 11) is 0. The molecule has 0 bridgehead atoms. The van der Waals surface area contributed by atoms with Crippen LogP contribution < -0.4 is 4.90 Å². The topological polar surface area (TPSA) is 54.0 Å². The Labute approximate surface area is 167 Å². The molecule has 0 amide bonds. The number of alkyl halides is 1. The summed E-state index contributed by atoms with van der Waals surface area (Å²) < 4.78 is 20.7. The number of thiophene rings is 1. The van der Waals surface area contributed by atoms with E-state index in [1.807, 2.05) is 12.3 Å². The van der Waals surface area contributed by atoms with Crippen molar-refractivity contribution in [2.45, 2.75) is 5.33 Å². The molecule has 1 aliphatic heterocycles. The maximum absolute atomic E-state index is 14.2. The van der Waals surface area contributed by atoms with E-state index in [-0.39, 0.29) is 5.82 Å². The van der Waals surface area contributed by atoms with E-state index in [0.717, 1.165) is 45.4 Å². The highest BCUT2D eigenvalue weighted by Gasteiger charge is 2.21. The smallest absolute Gasteiger partial charge is 0.163 e. The van der Waals surface area contributed by atoms with E-state index in [9.17, 15) is 4.39 Å². The van der Waals surface area contributed by atoms with Gasteiger partial charge in [0.15, 0.2) is 11.6 Å². The third-order valence-corrected chi connectivity index (χ3v) is 6.82. The van der Waals surface area contributed by atoms with E-state index in [1.54, 1.807) is 11.3 Å². The second kappa shape index (κ2) is 6.85. The Balaban J connectivity index is 1.75. The molecule has 1 fully saturated rings. The number of hydrogen-bond acceptors (Lipinski definition) is 5. The first kappa shape index (κ1) is 17.1. The highest BCUT2D eigenvalue weighted by Crippen LogP contribution is 2.36. The van der Waals surface area contributed by atoms with Crippen LogP contribution in [-0.4, -0.2) is 41.3 Å². The van der Waals surface area contributed by atoms with Crippen LogP contribution in [0.2, 0.25) is 0 Å². The van der Waals surface area contributed by atoms with Gasteiger partial charge in [0.05, 0.1) is 23.4 Å². The van der Waals surface area contributed by atoms with Crippen LogP contribution in [0.5, 0.6) is 0 Å². The van der Waals surface area contributed by atoms with Gasteiger partial charge in [-0.15, -0.1) is 11.3 Å². The van der Waals surface area contributed by atoms with Crippen LogP contribution in [0.15, 0.2) is 30.5 Å². The second-order valence-electron chi connectivity index (χ2n) is 6.42. The Morgan fingerprint density at radius 2 is 2.07 bits per heavy atom. The monoisotopic (exact) mass is 446 g/mol. The normalized spacial score (nSPS) is 15.1. The molecule has 0 aliphatic carbocycles. The summed E-state index contributed by atoms with van der Waals surface area (Å²) in [4.78, 5) is 16.2. The van der Waals surface area contributed by atoms with Crippen LogP contribution in [0.25, 0.3) is 32.5 Å². The quantitative estimate of drug-likeness (QED) is 0.463. The highest BCUT2D eigenvalue weighted by molar-refractivity contribution is 9.08. The van der Waals surface area contributed by atoms with Crippen molar-refractivity contribution >= 4 is 54.2 Å². The summed E-state index contributed by atoms with van der Waals surface area (Å²) in [6.07, 6.45) is 1.81. The van der Waals surface area contributed by atoms with Gasteiger partial charge < -0.3 is 14.6 Å². The number of benzene rings is 1. The van der Waals surface area contributed by atoms with Gasteiger partial charge >= 0.3 is 0 Å². The van der Waals surface area contributed by atoms with Crippen LogP contribution in [-0.2, 0) is 10.1 Å². The predicted molar refractivity (Wildman–Crippen MR) is 110 cm³/mol. The van der Waals surface area contributed by atoms with Crippen molar-refractivity contribution in [2.24, 2.45) is 0 Å². The lowest BCUT2D eigenvalue weighted by Crippen LogP contribution is -2.36. The molecule has 138 valence electrons. The minimum Gasteiger partial charge on any atom is -0.378 e. The first-order chi connectivity index (χ1) is 13.2. The zero-order valence-electron chi connectivity index (χ0n) is 14.3. The van der Waals surface area contributed by atoms with Crippen LogP contribution >= 0.6 is 27.3 Å². The van der Waals surface area contributed by atoms with Crippen molar-refractivity contribution in [1.29, 1.82) is 0 Å². The van der Waals surface area contributed by atoms with Gasteiger partial charge in [0.2, 0.25) is 0 Å². The first-order valence-corrected chi connectivity index (χ1v) is 10.6. The number of morpholine rings is 1. The number of anilines is 1. The molecule has 5 nitrogen and oxygen atoms in total. The number of rotatable bonds is 3. The van der Waals surface area contributed by atoms with Crippen molar-refractivity contribution < 1.29 is 9.13 Å². The molecule has 4 heterocycles. The van der Waals surface area contributed by atoms with Crippen molar-refractivity contribution in [3.63, 3.8) is 0 Å². The van der Waals surface area contributed by atoms with Gasteiger partial charge in [-0.05, 0) is 24.3 Å². The number of aromatic amines is 1. The predicted octanol–water partition coefficient (Wildman–Crippen LogP) is 4.71. The van der Waals surface area contributed by atoms with E-state index in [1.165, 1.54) is 17.0 Å². The molecule has 3 aromatic heterocycles. The van der Waals surface area contributed by atoms with E-state index in [2.05, 4.69) is 31.9 Å². The zero-order valence-corrected chi connectivity index (χ0v) is 16.7. The molecule has 5 rings (SSSR count). The number of nitrogens with one attached hydrogen (secondary N) is 1. The summed E-state index contributed by atoms with van der Waals surface area (Å²) in [6, 6.07) is 7.02. The molecule has 0 saturated carbocycles. The summed E-state index contributed by atoms with van der Waals surface area (Å²) >= 11 is 5.23. The average Bonchev–Trinajstić information content (AvgIpc) is 3.33. The molecule has 8 heteroatoms. The molecule has 0 atom stereocenters. The number of ether oxygens (including phenoxy) is 1. The van der Waals surface area contributed by atoms with E-state index in [0.29, 0.717) is 24.6 Å². The molecule has 0 unspecified atom stereocenters. The number of halogens is 2. The molecule has 1 saturated heterocycles. The van der Waals surface area contributed by atoms with Crippen molar-refractivity contribution in [3.05, 3.63) is 41.2 Å². The molecule has 1 aromatic carbocycles. The van der Waals surface area contributed by atoms with Crippen molar-refractivity contribution in [1.82, 2.24) is 15.0 Å². The third kappa shape index (κ3) is 3.01. The molecular formula is C19H16BrFN4OS. The van der Waals surface area contributed by atoms with Crippen LogP contribution in [0.3, 0.4) is 0 Å². The van der Waals surface area contributed by atoms with E-state index in [4.69, 9.17) is 14.7 Å². The fraction of sp³-hybridized carbons (Fsp3) is 0.263. The van der Waals surface area contributed by atoms with Crippen LogP contribution in [0, 0.1) is 5.82 Å². The maximum Gasteiger partial charge on any atom is 0.163 e. The Morgan fingerprint density at radius 1 is 1.22 bits per heavy atom. The lowest BCUT2D eigenvalue weighted by molar-refractivity contribution is 0.122. The van der Waals surface area contributed by atoms with Gasteiger partial charge in [-0.25, -0.2) is 14.4 Å². The largest absolute Gasteiger partial charge is 0.378 e. The second-order valence-corrected chi connectivity index (χ2v) is 8.12. The number of fused-ring (bicyclic) bond motifs is 2. The first-order valence-electron chi connectivity index (χ1n) is 8.69. The minimum absolute atomic E-state index is 0.303. The van der Waals surface area contributed by atoms with Gasteiger partial charge in [-0.2, -0.15) is 0 Å². The molecule has 0 spiro atoms. The number of aromatic nitrogens is 3. The fourth-order valence-corrected chi connectivity index (χ4v) is 4.92. The zero-order chi connectivity index (χ0) is 18.4. The Hall–Kier alpha value is -2.03. The van der Waals surface area contributed by atoms with Gasteiger partial charge in [0, 0.05) is 46.0 Å². The SMILES string of the molecule is Fc1cc(-c2nc(N3CCOCC3)c3sc(CBr)cc3n2)c2cc[nH]c2c1. The number of nitrogens with zero attached hydrogens (tertiary/aromatic N) is 3. The Kier molecular flexibility index (Phi) is 4.34. The summed E-state index contributed by atoms with van der Waals surface area (Å²) in [5.41, 5.74) is 2.34. The molecule has 1 N–H and O–H groups in total. The van der Waals surface area contributed by atoms with Gasteiger partial charge in [0.1, 0.15) is 5.82 Å². The molecule has 1 aliphatic rings. The van der Waals surface area contributed by atoms with E-state index < -0.39 is 0 Å². The summed E-state index contributed by atoms with van der Waals surface area (Å²) in [5, 5.41) is 1.69. The van der Waals surface area contributed by atoms with Crippen LogP contribution in [0.1, 0.15) is 4.88 Å². The highest BCUT2D eigenvalue weighted by atomic mass is 79.9. The standard InChI is InChI=1S/C19H16BrFN4OS/c20-10-12-9-16-17(27-12)19(25-3-5-26-6-4-25)24-18(23-16)14-7-11(21)8-15-13(14)1-2-22-15/h1-2,7-9,22H,3-6,10H2. The maximum atomic E-state index is 14.2. The minimum atomic E-state index is -0.303. The van der Waals surface area contributed by atoms with Crippen LogP contribution in [0.4, 0.5) is 10.2 Å². The number of H-pyrrole nitrogens is 1.